The van der Waals surface area contributed by atoms with Gasteiger partial charge in [0.05, 0.1) is 0 Å². The molecule has 0 spiro atoms. The summed E-state index contributed by atoms with van der Waals surface area (Å²) in [6.07, 6.45) is 1.06. The Kier molecular flexibility index (Phi) is 3.84. The highest BCUT2D eigenvalue weighted by molar-refractivity contribution is 7.72. The molecule has 0 aliphatic heterocycles. The second kappa shape index (κ2) is 4.53. The monoisotopic (exact) mass is 254 g/mol. The minimum Gasteiger partial charge on any atom is -0.343 e. The predicted octanol–water partition coefficient (Wildman–Crippen LogP) is 1.69. The molecule has 5 nitrogen and oxygen atoms in total. The van der Waals surface area contributed by atoms with Gasteiger partial charge in [0.25, 0.3) is 0 Å². The molecule has 0 aliphatic rings. The van der Waals surface area contributed by atoms with Gasteiger partial charge < -0.3 is 14.7 Å². The highest BCUT2D eigenvalue weighted by Gasteiger charge is 2.25. The Morgan fingerprint density at radius 2 is 2.21 bits per heavy atom. The van der Waals surface area contributed by atoms with Gasteiger partial charge in [-0.1, -0.05) is 6.07 Å². The van der Waals surface area contributed by atoms with E-state index in [-0.39, 0.29) is 0 Å². The van der Waals surface area contributed by atoms with E-state index in [9.17, 15) is 9.13 Å². The second-order valence-corrected chi connectivity index (χ2v) is 6.51. The second-order valence-electron chi connectivity index (χ2n) is 2.39. The van der Waals surface area contributed by atoms with Crippen molar-refractivity contribution < 1.29 is 23.8 Å². The third-order valence-corrected chi connectivity index (χ3v) is 4.96. The first-order valence-corrected chi connectivity index (χ1v) is 7.30. The van der Waals surface area contributed by atoms with E-state index >= 15 is 0 Å². The molecule has 0 aliphatic carbocycles. The number of hydrogen-bond acceptors (Lipinski definition) is 3. The maximum absolute atomic E-state index is 10.8. The zero-order valence-electron chi connectivity index (χ0n) is 6.82. The summed E-state index contributed by atoms with van der Waals surface area (Å²) < 4.78 is 21.5. The van der Waals surface area contributed by atoms with Gasteiger partial charge in [-0.3, -0.25) is 9.13 Å². The fourth-order valence-corrected chi connectivity index (χ4v) is 3.21. The molecule has 0 saturated carbocycles. The van der Waals surface area contributed by atoms with Gasteiger partial charge in [-0.05, 0) is 17.5 Å². The van der Waals surface area contributed by atoms with Crippen LogP contribution in [0.3, 0.4) is 0 Å². The van der Waals surface area contributed by atoms with Crippen molar-refractivity contribution in [3.8, 4) is 0 Å². The van der Waals surface area contributed by atoms with Gasteiger partial charge >= 0.3 is 7.60 Å². The van der Waals surface area contributed by atoms with E-state index in [1.165, 1.54) is 11.3 Å². The molecule has 0 saturated heterocycles. The van der Waals surface area contributed by atoms with Crippen LogP contribution in [0, 0.1) is 0 Å². The molecule has 1 heterocycles. The van der Waals surface area contributed by atoms with Crippen LogP contribution < -0.4 is 0 Å². The number of rotatable bonds is 3. The van der Waals surface area contributed by atoms with Gasteiger partial charge in [-0.2, -0.15) is 0 Å². The van der Waals surface area contributed by atoms with Crippen LogP contribution in [0.25, 0.3) is 6.08 Å². The minimum atomic E-state index is -4.62. The average Bonchev–Trinajstić information content (AvgIpc) is 2.48. The first-order valence-electron chi connectivity index (χ1n) is 3.46. The molecule has 14 heavy (non-hydrogen) atoms. The molecule has 1 aromatic heterocycles. The molecule has 1 aromatic rings. The molecule has 0 bridgehead atoms. The standard InChI is InChI=1S/C6H8O5P2S/c7-12(8)6(13(9,10)11)4-5-2-1-3-14-5/h1-4,12H,(H,7,8)(H2,9,10,11). The van der Waals surface area contributed by atoms with E-state index in [2.05, 4.69) is 0 Å². The Balaban J connectivity index is 3.13. The molecule has 0 fully saturated rings. The van der Waals surface area contributed by atoms with E-state index in [1.54, 1.807) is 17.5 Å². The molecule has 0 aromatic carbocycles. The summed E-state index contributed by atoms with van der Waals surface area (Å²) in [5.41, 5.74) is 0. The molecular weight excluding hydrogens is 246 g/mol. The third kappa shape index (κ3) is 3.17. The van der Waals surface area contributed by atoms with Crippen molar-refractivity contribution in [2.75, 3.05) is 0 Å². The summed E-state index contributed by atoms with van der Waals surface area (Å²) in [6.45, 7) is 0. The zero-order valence-corrected chi connectivity index (χ0v) is 9.53. The Bertz CT molecular complexity index is 404. The van der Waals surface area contributed by atoms with E-state index in [4.69, 9.17) is 14.7 Å². The topological polar surface area (TPSA) is 94.8 Å². The number of hydrogen-bond donors (Lipinski definition) is 3. The van der Waals surface area contributed by atoms with Crippen molar-refractivity contribution in [3.63, 3.8) is 0 Å². The molecule has 3 N–H and O–H groups in total. The van der Waals surface area contributed by atoms with Crippen LogP contribution in [0.2, 0.25) is 0 Å². The van der Waals surface area contributed by atoms with Crippen molar-refractivity contribution in [1.82, 2.24) is 0 Å². The van der Waals surface area contributed by atoms with Crippen LogP contribution in [0.15, 0.2) is 22.6 Å². The first-order chi connectivity index (χ1) is 6.41. The van der Waals surface area contributed by atoms with Crippen LogP contribution in [-0.2, 0) is 9.13 Å². The van der Waals surface area contributed by atoms with Gasteiger partial charge in [0.15, 0.2) is 0 Å². The smallest absolute Gasteiger partial charge is 0.343 e. The molecule has 1 rings (SSSR count). The normalized spacial score (nSPS) is 15.5. The summed E-state index contributed by atoms with van der Waals surface area (Å²) in [5, 5.41) is 1.00. The summed E-state index contributed by atoms with van der Waals surface area (Å²) in [5.74, 6) is 0. The van der Waals surface area contributed by atoms with Crippen molar-refractivity contribution >= 4 is 33.0 Å². The lowest BCUT2D eigenvalue weighted by molar-refractivity contribution is 0.384. The first kappa shape index (κ1) is 11.9. The summed E-state index contributed by atoms with van der Waals surface area (Å²) in [7, 11) is -7.97. The van der Waals surface area contributed by atoms with Gasteiger partial charge in [-0.25, -0.2) is 0 Å². The van der Waals surface area contributed by atoms with Crippen LogP contribution in [-0.4, -0.2) is 14.7 Å². The van der Waals surface area contributed by atoms with Gasteiger partial charge in [0.1, 0.15) is 5.06 Å². The molecule has 0 radical (unpaired) electrons. The lowest BCUT2D eigenvalue weighted by Gasteiger charge is -2.04. The van der Waals surface area contributed by atoms with Crippen molar-refractivity contribution in [2.24, 2.45) is 0 Å². The lowest BCUT2D eigenvalue weighted by atomic mass is 10.5. The van der Waals surface area contributed by atoms with Crippen molar-refractivity contribution in [1.29, 1.82) is 0 Å². The minimum absolute atomic E-state index is 0.538. The Morgan fingerprint density at radius 1 is 1.57 bits per heavy atom. The van der Waals surface area contributed by atoms with Crippen LogP contribution in [0.1, 0.15) is 4.88 Å². The zero-order chi connectivity index (χ0) is 10.8. The third-order valence-electron chi connectivity index (χ3n) is 1.36. The molecule has 0 amide bonds. The highest BCUT2D eigenvalue weighted by Crippen LogP contribution is 2.56. The van der Waals surface area contributed by atoms with Crippen LogP contribution >= 0.6 is 27.0 Å². The van der Waals surface area contributed by atoms with Crippen LogP contribution in [0.5, 0.6) is 0 Å². The molecule has 1 unspecified atom stereocenters. The summed E-state index contributed by atoms with van der Waals surface area (Å²) >= 11 is 1.23. The highest BCUT2D eigenvalue weighted by atomic mass is 32.1. The maximum Gasteiger partial charge on any atom is 0.361 e. The Labute approximate surface area is 84.7 Å². The summed E-state index contributed by atoms with van der Waals surface area (Å²) in [4.78, 5) is 26.8. The van der Waals surface area contributed by atoms with E-state index in [1.807, 2.05) is 0 Å². The van der Waals surface area contributed by atoms with E-state index in [0.29, 0.717) is 4.88 Å². The molecular formula is C6H8O5P2S. The summed E-state index contributed by atoms with van der Waals surface area (Å²) in [6, 6.07) is 3.29. The predicted molar refractivity (Wildman–Crippen MR) is 55.6 cm³/mol. The SMILES string of the molecule is O=[PH](O)C(=Cc1cccs1)P(=O)(O)O. The van der Waals surface area contributed by atoms with Crippen molar-refractivity contribution in [3.05, 3.63) is 27.4 Å². The van der Waals surface area contributed by atoms with Gasteiger partial charge in [-0.15, -0.1) is 11.3 Å². The maximum atomic E-state index is 10.8. The Morgan fingerprint density at radius 3 is 2.57 bits per heavy atom. The van der Waals surface area contributed by atoms with E-state index in [0.717, 1.165) is 6.08 Å². The molecule has 1 atom stereocenters. The fourth-order valence-electron chi connectivity index (χ4n) is 0.779. The van der Waals surface area contributed by atoms with Gasteiger partial charge in [0.2, 0.25) is 8.03 Å². The lowest BCUT2D eigenvalue weighted by Crippen LogP contribution is -1.80. The quantitative estimate of drug-likeness (QED) is 0.713. The number of thiophene rings is 1. The van der Waals surface area contributed by atoms with Crippen molar-refractivity contribution in [2.45, 2.75) is 0 Å². The molecule has 78 valence electrons. The van der Waals surface area contributed by atoms with Gasteiger partial charge in [0, 0.05) is 4.88 Å². The largest absolute Gasteiger partial charge is 0.361 e. The molecule has 8 heteroatoms. The Hall–Kier alpha value is -0.220. The fraction of sp³-hybridized carbons (Fsp3) is 0. The van der Waals surface area contributed by atoms with Crippen LogP contribution in [0.4, 0.5) is 0 Å². The average molecular weight is 254 g/mol. The van der Waals surface area contributed by atoms with E-state index < -0.39 is 20.7 Å².